The van der Waals surface area contributed by atoms with Gasteiger partial charge in [0.05, 0.1) is 6.61 Å². The summed E-state index contributed by atoms with van der Waals surface area (Å²) in [4.78, 5) is 0. The smallest absolute Gasteiger partial charge is 0.119 e. The van der Waals surface area contributed by atoms with E-state index in [1.54, 1.807) is 0 Å². The van der Waals surface area contributed by atoms with E-state index in [0.29, 0.717) is 0 Å². The molecule has 0 radical (unpaired) electrons. The van der Waals surface area contributed by atoms with Crippen LogP contribution >= 0.6 is 0 Å². The molecule has 0 bridgehead atoms. The van der Waals surface area contributed by atoms with Crippen molar-refractivity contribution < 1.29 is 4.74 Å². The lowest BCUT2D eigenvalue weighted by atomic mass is 10.0. The van der Waals surface area contributed by atoms with Gasteiger partial charge >= 0.3 is 0 Å². The highest BCUT2D eigenvalue weighted by atomic mass is 16.5. The molecule has 0 amide bonds. The van der Waals surface area contributed by atoms with E-state index in [9.17, 15) is 0 Å². The van der Waals surface area contributed by atoms with Gasteiger partial charge in [0.1, 0.15) is 5.75 Å². The molecule has 82 valence electrons. The van der Waals surface area contributed by atoms with E-state index in [2.05, 4.69) is 30.4 Å². The second kappa shape index (κ2) is 5.17. The van der Waals surface area contributed by atoms with E-state index in [0.717, 1.165) is 24.7 Å². The summed E-state index contributed by atoms with van der Waals surface area (Å²) in [7, 11) is 0. The lowest BCUT2D eigenvalue weighted by Gasteiger charge is -2.26. The number of nitrogens with one attached hydrogen (secondary N) is 1. The number of hydrogen-bond donors (Lipinski definition) is 1. The van der Waals surface area contributed by atoms with Crippen molar-refractivity contribution in [1.82, 2.24) is 5.32 Å². The molecule has 0 spiro atoms. The third kappa shape index (κ3) is 2.96. The summed E-state index contributed by atoms with van der Waals surface area (Å²) in [6, 6.07) is 8.39. The Morgan fingerprint density at radius 1 is 1.40 bits per heavy atom. The molecule has 1 aromatic carbocycles. The molecule has 2 nitrogen and oxygen atoms in total. The van der Waals surface area contributed by atoms with Gasteiger partial charge in [0.15, 0.2) is 0 Å². The van der Waals surface area contributed by atoms with Crippen molar-refractivity contribution in [1.29, 1.82) is 0 Å². The molecule has 15 heavy (non-hydrogen) atoms. The number of ether oxygens (including phenoxy) is 1. The van der Waals surface area contributed by atoms with Crippen molar-refractivity contribution in [2.75, 3.05) is 19.7 Å². The third-order valence-corrected chi connectivity index (χ3v) is 2.97. The van der Waals surface area contributed by atoms with Crippen LogP contribution in [0.1, 0.15) is 18.9 Å². The predicted molar refractivity (Wildman–Crippen MR) is 62.3 cm³/mol. The molecule has 0 atom stereocenters. The first-order valence-electron chi connectivity index (χ1n) is 5.81. The van der Waals surface area contributed by atoms with E-state index >= 15 is 0 Å². The molecule has 1 aliphatic rings. The molecular formula is C13H19NO. The van der Waals surface area contributed by atoms with Gasteiger partial charge < -0.3 is 10.1 Å². The van der Waals surface area contributed by atoms with Gasteiger partial charge in [-0.05, 0) is 49.5 Å². The van der Waals surface area contributed by atoms with Crippen LogP contribution in [0.25, 0.3) is 0 Å². The summed E-state index contributed by atoms with van der Waals surface area (Å²) in [5.74, 6) is 1.85. The molecule has 1 heterocycles. The summed E-state index contributed by atoms with van der Waals surface area (Å²) in [5, 5.41) is 3.27. The zero-order valence-corrected chi connectivity index (χ0v) is 9.33. The Bertz CT molecular complexity index is 307. The Labute approximate surface area is 91.6 Å². The molecule has 2 heteroatoms. The maximum atomic E-state index is 5.73. The Morgan fingerprint density at radius 2 is 2.27 bits per heavy atom. The lowest BCUT2D eigenvalue weighted by Crippen LogP contribution is -2.42. The van der Waals surface area contributed by atoms with Crippen LogP contribution in [0.15, 0.2) is 24.3 Å². The Morgan fingerprint density at radius 3 is 2.93 bits per heavy atom. The van der Waals surface area contributed by atoms with Crippen LogP contribution in [-0.2, 0) is 6.42 Å². The molecule has 1 aromatic rings. The zero-order chi connectivity index (χ0) is 10.5. The molecule has 1 fully saturated rings. The average Bonchev–Trinajstić information content (AvgIpc) is 2.22. The van der Waals surface area contributed by atoms with Crippen molar-refractivity contribution in [2.24, 2.45) is 5.92 Å². The van der Waals surface area contributed by atoms with Crippen LogP contribution < -0.4 is 10.1 Å². The predicted octanol–water partition coefficient (Wildman–Crippen LogP) is 2.24. The quantitative estimate of drug-likeness (QED) is 0.796. The normalized spacial score (nSPS) is 16.1. The lowest BCUT2D eigenvalue weighted by molar-refractivity contribution is 0.238. The van der Waals surface area contributed by atoms with Gasteiger partial charge in [-0.25, -0.2) is 0 Å². The zero-order valence-electron chi connectivity index (χ0n) is 9.33. The molecule has 2 rings (SSSR count). The summed E-state index contributed by atoms with van der Waals surface area (Å²) in [6.07, 6.45) is 2.24. The fraction of sp³-hybridized carbons (Fsp3) is 0.538. The molecule has 1 N–H and O–H groups in total. The molecule has 0 aliphatic carbocycles. The maximum Gasteiger partial charge on any atom is 0.119 e. The van der Waals surface area contributed by atoms with E-state index < -0.39 is 0 Å². The standard InChI is InChI=1S/C13H19NO/c1-2-11-4-3-5-13(8-11)15-7-6-12-9-14-10-12/h3-5,8,12,14H,2,6-7,9-10H2,1H3. The van der Waals surface area contributed by atoms with E-state index in [4.69, 9.17) is 4.74 Å². The van der Waals surface area contributed by atoms with Gasteiger partial charge in [-0.15, -0.1) is 0 Å². The minimum atomic E-state index is 0.833. The maximum absolute atomic E-state index is 5.73. The van der Waals surface area contributed by atoms with Crippen molar-refractivity contribution in [3.05, 3.63) is 29.8 Å². The highest BCUT2D eigenvalue weighted by molar-refractivity contribution is 5.28. The second-order valence-electron chi connectivity index (χ2n) is 4.16. The Balaban J connectivity index is 1.76. The Hall–Kier alpha value is -1.02. The largest absolute Gasteiger partial charge is 0.494 e. The van der Waals surface area contributed by atoms with E-state index in [1.807, 2.05) is 6.07 Å². The van der Waals surface area contributed by atoms with Crippen LogP contribution in [0.4, 0.5) is 0 Å². The highest BCUT2D eigenvalue weighted by Crippen LogP contribution is 2.15. The molecular weight excluding hydrogens is 186 g/mol. The highest BCUT2D eigenvalue weighted by Gasteiger charge is 2.15. The number of aryl methyl sites for hydroxylation is 1. The van der Waals surface area contributed by atoms with E-state index in [-0.39, 0.29) is 0 Å². The minimum Gasteiger partial charge on any atom is -0.494 e. The van der Waals surface area contributed by atoms with Crippen molar-refractivity contribution in [3.63, 3.8) is 0 Å². The summed E-state index contributed by atoms with van der Waals surface area (Å²) in [5.41, 5.74) is 1.35. The van der Waals surface area contributed by atoms with Gasteiger partial charge in [0, 0.05) is 0 Å². The van der Waals surface area contributed by atoms with Crippen molar-refractivity contribution in [2.45, 2.75) is 19.8 Å². The summed E-state index contributed by atoms with van der Waals surface area (Å²) in [6.45, 7) is 5.34. The second-order valence-corrected chi connectivity index (χ2v) is 4.16. The number of rotatable bonds is 5. The van der Waals surface area contributed by atoms with Crippen LogP contribution in [0.3, 0.4) is 0 Å². The first-order valence-corrected chi connectivity index (χ1v) is 5.81. The molecule has 0 aromatic heterocycles. The van der Waals surface area contributed by atoms with Crippen LogP contribution in [0.5, 0.6) is 5.75 Å². The average molecular weight is 205 g/mol. The number of hydrogen-bond acceptors (Lipinski definition) is 2. The van der Waals surface area contributed by atoms with Gasteiger partial charge in [0.25, 0.3) is 0 Å². The van der Waals surface area contributed by atoms with Crippen LogP contribution in [0.2, 0.25) is 0 Å². The molecule has 1 aliphatic heterocycles. The first-order chi connectivity index (χ1) is 7.38. The monoisotopic (exact) mass is 205 g/mol. The molecule has 0 unspecified atom stereocenters. The third-order valence-electron chi connectivity index (χ3n) is 2.97. The van der Waals surface area contributed by atoms with Crippen molar-refractivity contribution >= 4 is 0 Å². The van der Waals surface area contributed by atoms with Gasteiger partial charge in [-0.3, -0.25) is 0 Å². The number of benzene rings is 1. The van der Waals surface area contributed by atoms with Gasteiger partial charge in [-0.2, -0.15) is 0 Å². The van der Waals surface area contributed by atoms with Crippen LogP contribution in [0, 0.1) is 5.92 Å². The van der Waals surface area contributed by atoms with Gasteiger partial charge in [-0.1, -0.05) is 19.1 Å². The topological polar surface area (TPSA) is 21.3 Å². The van der Waals surface area contributed by atoms with Crippen molar-refractivity contribution in [3.8, 4) is 5.75 Å². The Kier molecular flexibility index (Phi) is 3.62. The van der Waals surface area contributed by atoms with Gasteiger partial charge in [0.2, 0.25) is 0 Å². The fourth-order valence-corrected chi connectivity index (χ4v) is 1.75. The van der Waals surface area contributed by atoms with E-state index in [1.165, 1.54) is 25.1 Å². The first kappa shape index (κ1) is 10.5. The minimum absolute atomic E-state index is 0.833. The van der Waals surface area contributed by atoms with Crippen LogP contribution in [-0.4, -0.2) is 19.7 Å². The summed E-state index contributed by atoms with van der Waals surface area (Å²) < 4.78 is 5.73. The summed E-state index contributed by atoms with van der Waals surface area (Å²) >= 11 is 0. The molecule has 0 saturated carbocycles. The SMILES string of the molecule is CCc1cccc(OCCC2CNC2)c1. The fourth-order valence-electron chi connectivity index (χ4n) is 1.75. The molecule has 1 saturated heterocycles.